The summed E-state index contributed by atoms with van der Waals surface area (Å²) in [4.78, 5) is 10.7. The lowest BCUT2D eigenvalue weighted by Gasteiger charge is -2.14. The van der Waals surface area contributed by atoms with Gasteiger partial charge in [-0.25, -0.2) is 0 Å². The van der Waals surface area contributed by atoms with Crippen molar-refractivity contribution in [2.75, 3.05) is 0 Å². The number of carbonyl (C=O) groups excluding carboxylic acids is 1. The zero-order valence-electron chi connectivity index (χ0n) is 11.3. The van der Waals surface area contributed by atoms with Gasteiger partial charge in [-0.15, -0.1) is 0 Å². The van der Waals surface area contributed by atoms with Gasteiger partial charge in [-0.05, 0) is 31.0 Å². The van der Waals surface area contributed by atoms with Gasteiger partial charge in [0.15, 0.2) is 12.4 Å². The van der Waals surface area contributed by atoms with E-state index in [-0.39, 0.29) is 0 Å². The highest BCUT2D eigenvalue weighted by Gasteiger charge is 2.08. The van der Waals surface area contributed by atoms with Gasteiger partial charge < -0.3 is 4.74 Å². The molecule has 2 nitrogen and oxygen atoms in total. The Morgan fingerprint density at radius 1 is 1.16 bits per heavy atom. The second-order valence-electron chi connectivity index (χ2n) is 4.73. The molecule has 2 aromatic carbocycles. The second kappa shape index (κ2) is 6.19. The van der Waals surface area contributed by atoms with E-state index in [1.807, 2.05) is 30.3 Å². The number of rotatable bonds is 5. The molecule has 98 valence electrons. The molecule has 0 fully saturated rings. The Hall–Kier alpha value is -2.09. The molecule has 0 radical (unpaired) electrons. The van der Waals surface area contributed by atoms with Crippen molar-refractivity contribution in [2.45, 2.75) is 26.4 Å². The number of aldehydes is 1. The summed E-state index contributed by atoms with van der Waals surface area (Å²) in [6, 6.07) is 16.3. The largest absolute Gasteiger partial charge is 0.483 e. The molecule has 0 aliphatic rings. The molecule has 0 saturated carbocycles. The maximum absolute atomic E-state index is 10.7. The number of ether oxygens (including phenoxy) is 1. The van der Waals surface area contributed by atoms with Crippen LogP contribution in [0.2, 0.25) is 0 Å². The van der Waals surface area contributed by atoms with E-state index in [0.29, 0.717) is 0 Å². The summed E-state index contributed by atoms with van der Waals surface area (Å²) in [6.45, 7) is 3.81. The summed E-state index contributed by atoms with van der Waals surface area (Å²) in [5.74, 6) is 0.786. The fraction of sp³-hybridized carbons (Fsp3) is 0.235. The van der Waals surface area contributed by atoms with E-state index >= 15 is 0 Å². The molecule has 19 heavy (non-hydrogen) atoms. The third-order valence-electron chi connectivity index (χ3n) is 2.96. The van der Waals surface area contributed by atoms with E-state index in [0.717, 1.165) is 24.0 Å². The molecular formula is C17H18O2. The predicted octanol–water partition coefficient (Wildman–Crippen LogP) is 3.55. The van der Waals surface area contributed by atoms with Crippen LogP contribution in [0.5, 0.6) is 5.75 Å². The number of hydrogen-bond acceptors (Lipinski definition) is 2. The number of aryl methyl sites for hydroxylation is 1. The zero-order valence-corrected chi connectivity index (χ0v) is 11.3. The minimum Gasteiger partial charge on any atom is -0.483 e. The van der Waals surface area contributed by atoms with Crippen LogP contribution in [0.15, 0.2) is 48.5 Å². The highest BCUT2D eigenvalue weighted by atomic mass is 16.5. The Labute approximate surface area is 114 Å². The van der Waals surface area contributed by atoms with Gasteiger partial charge in [-0.1, -0.05) is 48.0 Å². The Balaban J connectivity index is 2.27. The Bertz CT molecular complexity index is 546. The summed E-state index contributed by atoms with van der Waals surface area (Å²) in [5.41, 5.74) is 3.54. The van der Waals surface area contributed by atoms with Crippen molar-refractivity contribution in [3.63, 3.8) is 0 Å². The first-order valence-corrected chi connectivity index (χ1v) is 6.44. The number of carbonyl (C=O) groups is 1. The Kier molecular flexibility index (Phi) is 4.35. The third kappa shape index (κ3) is 3.68. The molecule has 2 aromatic rings. The molecule has 1 unspecified atom stereocenters. The molecule has 2 rings (SSSR count). The lowest BCUT2D eigenvalue weighted by atomic mass is 10.0. The molecule has 0 aliphatic heterocycles. The lowest BCUT2D eigenvalue weighted by molar-refractivity contribution is -0.113. The number of hydrogen-bond donors (Lipinski definition) is 0. The van der Waals surface area contributed by atoms with Gasteiger partial charge in [-0.2, -0.15) is 0 Å². The topological polar surface area (TPSA) is 26.3 Å². The SMILES string of the molecule is Cc1ccc(OC(C)C=O)c(Cc2ccccc2)c1. The molecule has 2 heteroatoms. The normalized spacial score (nSPS) is 11.9. The lowest BCUT2D eigenvalue weighted by Crippen LogP contribution is -2.14. The van der Waals surface area contributed by atoms with Crippen LogP contribution in [0, 0.1) is 6.92 Å². The fourth-order valence-electron chi connectivity index (χ4n) is 2.01. The van der Waals surface area contributed by atoms with Crippen molar-refractivity contribution in [1.82, 2.24) is 0 Å². The quantitative estimate of drug-likeness (QED) is 0.763. The zero-order chi connectivity index (χ0) is 13.7. The van der Waals surface area contributed by atoms with E-state index in [4.69, 9.17) is 4.74 Å². The molecule has 1 atom stereocenters. The second-order valence-corrected chi connectivity index (χ2v) is 4.73. The van der Waals surface area contributed by atoms with Gasteiger partial charge >= 0.3 is 0 Å². The average Bonchev–Trinajstić information content (AvgIpc) is 2.43. The minimum absolute atomic E-state index is 0.419. The van der Waals surface area contributed by atoms with E-state index < -0.39 is 6.10 Å². The summed E-state index contributed by atoms with van der Waals surface area (Å²) in [7, 11) is 0. The minimum atomic E-state index is -0.419. The smallest absolute Gasteiger partial charge is 0.160 e. The van der Waals surface area contributed by atoms with Crippen molar-refractivity contribution in [3.05, 3.63) is 65.2 Å². The van der Waals surface area contributed by atoms with Gasteiger partial charge in [0.25, 0.3) is 0 Å². The maximum Gasteiger partial charge on any atom is 0.160 e. The molecule has 0 aromatic heterocycles. The van der Waals surface area contributed by atoms with Crippen LogP contribution in [-0.4, -0.2) is 12.4 Å². The third-order valence-corrected chi connectivity index (χ3v) is 2.96. The van der Waals surface area contributed by atoms with E-state index in [9.17, 15) is 4.79 Å². The molecule has 0 amide bonds. The van der Waals surface area contributed by atoms with Crippen molar-refractivity contribution in [3.8, 4) is 5.75 Å². The molecule has 0 N–H and O–H groups in total. The Morgan fingerprint density at radius 3 is 2.58 bits per heavy atom. The standard InChI is InChI=1S/C17H18O2/c1-13-8-9-17(19-14(2)12-18)16(10-13)11-15-6-4-3-5-7-15/h3-10,12,14H,11H2,1-2H3. The maximum atomic E-state index is 10.7. The number of benzene rings is 2. The van der Waals surface area contributed by atoms with Gasteiger partial charge in [0, 0.05) is 6.42 Å². The molecular weight excluding hydrogens is 236 g/mol. The van der Waals surface area contributed by atoms with Crippen LogP contribution in [0.4, 0.5) is 0 Å². The van der Waals surface area contributed by atoms with Gasteiger partial charge in [0.05, 0.1) is 0 Å². The van der Waals surface area contributed by atoms with Crippen molar-refractivity contribution < 1.29 is 9.53 Å². The molecule has 0 saturated heterocycles. The van der Waals surface area contributed by atoms with Gasteiger partial charge in [-0.3, -0.25) is 4.79 Å². The van der Waals surface area contributed by atoms with Gasteiger partial charge in [0.1, 0.15) is 5.75 Å². The summed E-state index contributed by atoms with van der Waals surface area (Å²) >= 11 is 0. The van der Waals surface area contributed by atoms with Crippen LogP contribution < -0.4 is 4.74 Å². The molecule has 0 heterocycles. The van der Waals surface area contributed by atoms with Crippen molar-refractivity contribution in [1.29, 1.82) is 0 Å². The van der Waals surface area contributed by atoms with E-state index in [2.05, 4.69) is 25.1 Å². The highest BCUT2D eigenvalue weighted by Crippen LogP contribution is 2.24. The summed E-state index contributed by atoms with van der Waals surface area (Å²) in [6.07, 6.45) is 1.20. The van der Waals surface area contributed by atoms with Crippen molar-refractivity contribution in [2.24, 2.45) is 0 Å². The van der Waals surface area contributed by atoms with Crippen LogP contribution >= 0.6 is 0 Å². The monoisotopic (exact) mass is 254 g/mol. The first-order chi connectivity index (χ1) is 9.19. The molecule has 0 bridgehead atoms. The average molecular weight is 254 g/mol. The van der Waals surface area contributed by atoms with Crippen LogP contribution in [0.1, 0.15) is 23.6 Å². The van der Waals surface area contributed by atoms with E-state index in [1.54, 1.807) is 6.92 Å². The van der Waals surface area contributed by atoms with Crippen LogP contribution in [0.3, 0.4) is 0 Å². The first-order valence-electron chi connectivity index (χ1n) is 6.44. The molecule has 0 aliphatic carbocycles. The summed E-state index contributed by atoms with van der Waals surface area (Å²) < 4.78 is 5.65. The predicted molar refractivity (Wildman–Crippen MR) is 76.6 cm³/mol. The van der Waals surface area contributed by atoms with Crippen molar-refractivity contribution >= 4 is 6.29 Å². The molecule has 0 spiro atoms. The van der Waals surface area contributed by atoms with Crippen LogP contribution in [0.25, 0.3) is 0 Å². The highest BCUT2D eigenvalue weighted by molar-refractivity contribution is 5.56. The Morgan fingerprint density at radius 2 is 1.89 bits per heavy atom. The van der Waals surface area contributed by atoms with Gasteiger partial charge in [0.2, 0.25) is 0 Å². The first kappa shape index (κ1) is 13.3. The van der Waals surface area contributed by atoms with E-state index in [1.165, 1.54) is 11.1 Å². The van der Waals surface area contributed by atoms with Crippen LogP contribution in [-0.2, 0) is 11.2 Å². The fourth-order valence-corrected chi connectivity index (χ4v) is 2.01. The summed E-state index contributed by atoms with van der Waals surface area (Å²) in [5, 5.41) is 0.